The number of hydrogen-bond acceptors (Lipinski definition) is 4. The van der Waals surface area contributed by atoms with Crippen LogP contribution in [0, 0.1) is 5.92 Å². The van der Waals surface area contributed by atoms with Crippen LogP contribution in [0.3, 0.4) is 0 Å². The second-order valence-electron chi connectivity index (χ2n) is 5.25. The molecule has 2 rings (SSSR count). The molecule has 4 heteroatoms. The first-order chi connectivity index (χ1) is 9.22. The maximum atomic E-state index is 6.27. The molecule has 1 fully saturated rings. The molecular formula is C15H24N2O2. The second kappa shape index (κ2) is 6.89. The summed E-state index contributed by atoms with van der Waals surface area (Å²) in [6.07, 6.45) is 1.21. The molecule has 0 aromatic heterocycles. The van der Waals surface area contributed by atoms with Crippen LogP contribution < -0.4 is 10.5 Å². The van der Waals surface area contributed by atoms with Gasteiger partial charge in [0.15, 0.2) is 0 Å². The number of rotatable bonds is 6. The lowest BCUT2D eigenvalue weighted by Gasteiger charge is -2.21. The lowest BCUT2D eigenvalue weighted by atomic mass is 10.1. The van der Waals surface area contributed by atoms with E-state index >= 15 is 0 Å². The molecule has 1 aliphatic rings. The fourth-order valence-corrected chi connectivity index (χ4v) is 2.69. The Labute approximate surface area is 115 Å². The zero-order valence-electron chi connectivity index (χ0n) is 11.8. The quantitative estimate of drug-likeness (QED) is 0.849. The number of benzene rings is 1. The molecule has 1 aromatic carbocycles. The van der Waals surface area contributed by atoms with E-state index in [0.29, 0.717) is 5.92 Å². The molecule has 0 spiro atoms. The maximum absolute atomic E-state index is 6.27. The molecule has 0 aliphatic carbocycles. The summed E-state index contributed by atoms with van der Waals surface area (Å²) in [5, 5.41) is 0. The molecule has 1 saturated heterocycles. The van der Waals surface area contributed by atoms with Crippen molar-refractivity contribution in [3.05, 3.63) is 29.8 Å². The molecule has 2 atom stereocenters. The third-order valence-corrected chi connectivity index (χ3v) is 3.77. The van der Waals surface area contributed by atoms with Gasteiger partial charge in [0.05, 0.1) is 13.7 Å². The van der Waals surface area contributed by atoms with Crippen molar-refractivity contribution in [1.29, 1.82) is 0 Å². The van der Waals surface area contributed by atoms with Crippen LogP contribution in [-0.2, 0) is 4.74 Å². The molecule has 0 radical (unpaired) electrons. The van der Waals surface area contributed by atoms with E-state index in [1.807, 2.05) is 24.3 Å². The number of ether oxygens (including phenoxy) is 2. The first kappa shape index (κ1) is 14.3. The lowest BCUT2D eigenvalue weighted by molar-refractivity contribution is 0.152. The first-order valence-corrected chi connectivity index (χ1v) is 6.83. The van der Waals surface area contributed by atoms with Gasteiger partial charge < -0.3 is 20.1 Å². The Morgan fingerprint density at radius 1 is 1.32 bits per heavy atom. The van der Waals surface area contributed by atoms with Crippen molar-refractivity contribution >= 4 is 0 Å². The van der Waals surface area contributed by atoms with Crippen molar-refractivity contribution in [2.24, 2.45) is 11.7 Å². The average molecular weight is 264 g/mol. The summed E-state index contributed by atoms with van der Waals surface area (Å²) in [6.45, 7) is 3.98. The number of hydrogen-bond donors (Lipinski definition) is 1. The standard InChI is InChI=1S/C15H24N2O2/c1-18-11-12-7-8-17(9-12)10-15(16)13-3-5-14(19-2)6-4-13/h3-6,12,15H,7-11,16H2,1-2H3. The van der Waals surface area contributed by atoms with Crippen molar-refractivity contribution in [2.45, 2.75) is 12.5 Å². The topological polar surface area (TPSA) is 47.7 Å². The van der Waals surface area contributed by atoms with Crippen LogP contribution in [0.5, 0.6) is 5.75 Å². The van der Waals surface area contributed by atoms with Gasteiger partial charge in [0.25, 0.3) is 0 Å². The summed E-state index contributed by atoms with van der Waals surface area (Å²) >= 11 is 0. The van der Waals surface area contributed by atoms with E-state index in [9.17, 15) is 0 Å². The van der Waals surface area contributed by atoms with E-state index < -0.39 is 0 Å². The molecule has 19 heavy (non-hydrogen) atoms. The number of likely N-dealkylation sites (tertiary alicyclic amines) is 1. The summed E-state index contributed by atoms with van der Waals surface area (Å²) in [7, 11) is 3.45. The predicted octanol–water partition coefficient (Wildman–Crippen LogP) is 1.66. The van der Waals surface area contributed by atoms with Crippen LogP contribution in [0.2, 0.25) is 0 Å². The molecule has 2 N–H and O–H groups in total. The SMILES string of the molecule is COCC1CCN(CC(N)c2ccc(OC)cc2)C1. The summed E-state index contributed by atoms with van der Waals surface area (Å²) in [5.74, 6) is 1.53. The van der Waals surface area contributed by atoms with Crippen LogP contribution in [0.15, 0.2) is 24.3 Å². The molecule has 0 amide bonds. The minimum absolute atomic E-state index is 0.0622. The van der Waals surface area contributed by atoms with Crippen LogP contribution in [0.4, 0.5) is 0 Å². The van der Waals surface area contributed by atoms with Gasteiger partial charge in [-0.05, 0) is 36.6 Å². The van der Waals surface area contributed by atoms with Gasteiger partial charge in [0, 0.05) is 26.2 Å². The molecule has 0 bridgehead atoms. The molecule has 1 aromatic rings. The van der Waals surface area contributed by atoms with Crippen molar-refractivity contribution in [3.63, 3.8) is 0 Å². The average Bonchev–Trinajstić information content (AvgIpc) is 2.86. The Hall–Kier alpha value is -1.10. The van der Waals surface area contributed by atoms with Crippen molar-refractivity contribution < 1.29 is 9.47 Å². The van der Waals surface area contributed by atoms with Crippen molar-refractivity contribution in [2.75, 3.05) is 40.5 Å². The molecule has 106 valence electrons. The summed E-state index contributed by atoms with van der Waals surface area (Å²) in [6, 6.07) is 8.09. The smallest absolute Gasteiger partial charge is 0.118 e. The van der Waals surface area contributed by atoms with Gasteiger partial charge in [-0.3, -0.25) is 0 Å². The minimum atomic E-state index is 0.0622. The fourth-order valence-electron chi connectivity index (χ4n) is 2.69. The Morgan fingerprint density at radius 3 is 2.68 bits per heavy atom. The van der Waals surface area contributed by atoms with Gasteiger partial charge in [0.2, 0.25) is 0 Å². The highest BCUT2D eigenvalue weighted by Gasteiger charge is 2.23. The Morgan fingerprint density at radius 2 is 2.05 bits per heavy atom. The molecule has 1 heterocycles. The van der Waals surface area contributed by atoms with E-state index in [4.69, 9.17) is 15.2 Å². The van der Waals surface area contributed by atoms with E-state index in [1.165, 1.54) is 6.42 Å². The number of methoxy groups -OCH3 is 2. The molecule has 4 nitrogen and oxygen atoms in total. The second-order valence-corrected chi connectivity index (χ2v) is 5.25. The fraction of sp³-hybridized carbons (Fsp3) is 0.600. The van der Waals surface area contributed by atoms with E-state index in [-0.39, 0.29) is 6.04 Å². The van der Waals surface area contributed by atoms with Gasteiger partial charge in [-0.25, -0.2) is 0 Å². The highest BCUT2D eigenvalue weighted by Crippen LogP contribution is 2.21. The van der Waals surface area contributed by atoms with Crippen LogP contribution in [-0.4, -0.2) is 45.4 Å². The normalized spacial score (nSPS) is 21.5. The minimum Gasteiger partial charge on any atom is -0.497 e. The summed E-state index contributed by atoms with van der Waals surface area (Å²) < 4.78 is 10.4. The summed E-state index contributed by atoms with van der Waals surface area (Å²) in [5.41, 5.74) is 7.43. The third kappa shape index (κ3) is 3.93. The zero-order valence-corrected chi connectivity index (χ0v) is 11.8. The monoisotopic (exact) mass is 264 g/mol. The molecular weight excluding hydrogens is 240 g/mol. The van der Waals surface area contributed by atoms with Gasteiger partial charge in [-0.1, -0.05) is 12.1 Å². The Bertz CT molecular complexity index is 380. The predicted molar refractivity (Wildman–Crippen MR) is 76.3 cm³/mol. The summed E-state index contributed by atoms with van der Waals surface area (Å²) in [4.78, 5) is 2.43. The maximum Gasteiger partial charge on any atom is 0.118 e. The van der Waals surface area contributed by atoms with E-state index in [2.05, 4.69) is 4.90 Å². The first-order valence-electron chi connectivity index (χ1n) is 6.83. The van der Waals surface area contributed by atoms with E-state index in [0.717, 1.165) is 37.6 Å². The highest BCUT2D eigenvalue weighted by atomic mass is 16.5. The Kier molecular flexibility index (Phi) is 5.19. The third-order valence-electron chi connectivity index (χ3n) is 3.77. The van der Waals surface area contributed by atoms with Gasteiger partial charge in [0.1, 0.15) is 5.75 Å². The number of nitrogens with zero attached hydrogens (tertiary/aromatic N) is 1. The molecule has 1 aliphatic heterocycles. The van der Waals surface area contributed by atoms with Crippen LogP contribution in [0.25, 0.3) is 0 Å². The van der Waals surface area contributed by atoms with E-state index in [1.54, 1.807) is 14.2 Å². The van der Waals surface area contributed by atoms with Gasteiger partial charge in [-0.2, -0.15) is 0 Å². The lowest BCUT2D eigenvalue weighted by Crippen LogP contribution is -2.31. The largest absolute Gasteiger partial charge is 0.497 e. The van der Waals surface area contributed by atoms with Crippen LogP contribution in [0.1, 0.15) is 18.0 Å². The molecule has 2 unspecified atom stereocenters. The van der Waals surface area contributed by atoms with Crippen molar-refractivity contribution in [1.82, 2.24) is 4.90 Å². The Balaban J connectivity index is 1.85. The molecule has 0 saturated carbocycles. The van der Waals surface area contributed by atoms with Crippen LogP contribution >= 0.6 is 0 Å². The van der Waals surface area contributed by atoms with Gasteiger partial charge >= 0.3 is 0 Å². The number of nitrogens with two attached hydrogens (primary N) is 1. The van der Waals surface area contributed by atoms with Gasteiger partial charge in [-0.15, -0.1) is 0 Å². The zero-order chi connectivity index (χ0) is 13.7. The van der Waals surface area contributed by atoms with Crippen molar-refractivity contribution in [3.8, 4) is 5.75 Å². The highest BCUT2D eigenvalue weighted by molar-refractivity contribution is 5.29.